The fraction of sp³-hybridized carbons (Fsp3) is 0.300. The number of piperidine rings is 1. The number of nitrogens with two attached hydrogens (primary N) is 1. The van der Waals surface area contributed by atoms with E-state index < -0.39 is 11.2 Å². The molecule has 2 amide bonds. The number of aromatic nitrogens is 2. The van der Waals surface area contributed by atoms with E-state index >= 15 is 0 Å². The summed E-state index contributed by atoms with van der Waals surface area (Å²) < 4.78 is 2.74. The molecule has 3 aromatic rings. The van der Waals surface area contributed by atoms with Crippen LogP contribution in [0.2, 0.25) is 5.02 Å². The minimum Gasteiger partial charge on any atom is -0.369 e. The van der Waals surface area contributed by atoms with Gasteiger partial charge in [0.05, 0.1) is 11.2 Å². The van der Waals surface area contributed by atoms with Gasteiger partial charge in [-0.1, -0.05) is 17.7 Å². The second kappa shape index (κ2) is 8.08. The van der Waals surface area contributed by atoms with E-state index in [0.717, 1.165) is 4.57 Å². The average Bonchev–Trinajstić information content (AvgIpc) is 3.21. The Kier molecular flexibility index (Phi) is 5.48. The second-order valence-corrected chi connectivity index (χ2v) is 8.53. The van der Waals surface area contributed by atoms with Crippen molar-refractivity contribution in [1.29, 1.82) is 0 Å². The Hall–Kier alpha value is -2.91. The number of carbonyl (C=O) groups is 2. The third kappa shape index (κ3) is 3.66. The van der Waals surface area contributed by atoms with E-state index in [1.807, 2.05) is 0 Å². The molecule has 2 N–H and O–H groups in total. The lowest BCUT2D eigenvalue weighted by Crippen LogP contribution is -2.45. The Morgan fingerprint density at radius 2 is 1.90 bits per heavy atom. The topological polar surface area (TPSA) is 107 Å². The lowest BCUT2D eigenvalue weighted by atomic mass is 9.96. The van der Waals surface area contributed by atoms with Gasteiger partial charge in [-0.25, -0.2) is 9.36 Å². The zero-order chi connectivity index (χ0) is 21.4. The van der Waals surface area contributed by atoms with Crippen molar-refractivity contribution >= 4 is 45.0 Å². The molecule has 1 aliphatic rings. The maximum absolute atomic E-state index is 13.2. The van der Waals surface area contributed by atoms with Crippen molar-refractivity contribution in [3.05, 3.63) is 61.6 Å². The van der Waals surface area contributed by atoms with Crippen molar-refractivity contribution in [3.8, 4) is 5.69 Å². The number of nitrogens with zero attached hydrogens (tertiary/aromatic N) is 3. The number of primary amides is 1. The number of rotatable bonds is 4. The second-order valence-electron chi connectivity index (χ2n) is 7.18. The first kappa shape index (κ1) is 20.4. The molecule has 0 aliphatic carbocycles. The third-order valence-electron chi connectivity index (χ3n) is 5.36. The third-order valence-corrected chi connectivity index (χ3v) is 6.49. The zero-order valence-electron chi connectivity index (χ0n) is 15.9. The first-order chi connectivity index (χ1) is 14.4. The molecule has 2 aromatic heterocycles. The quantitative estimate of drug-likeness (QED) is 0.656. The molecule has 3 heterocycles. The highest BCUT2D eigenvalue weighted by atomic mass is 35.5. The van der Waals surface area contributed by atoms with Gasteiger partial charge >= 0.3 is 5.69 Å². The summed E-state index contributed by atoms with van der Waals surface area (Å²) in [7, 11) is 0. The van der Waals surface area contributed by atoms with Crippen molar-refractivity contribution in [3.63, 3.8) is 0 Å². The molecule has 156 valence electrons. The number of amides is 2. The van der Waals surface area contributed by atoms with E-state index in [-0.39, 0.29) is 24.3 Å². The van der Waals surface area contributed by atoms with Crippen LogP contribution in [0.4, 0.5) is 0 Å². The molecular formula is C20H19ClN4O4S. The molecule has 8 nitrogen and oxygen atoms in total. The normalized spacial score (nSPS) is 14.9. The molecule has 0 saturated carbocycles. The molecule has 1 aromatic carbocycles. The van der Waals surface area contributed by atoms with E-state index in [1.165, 1.54) is 22.0 Å². The van der Waals surface area contributed by atoms with Crippen molar-refractivity contribution in [1.82, 2.24) is 14.0 Å². The van der Waals surface area contributed by atoms with Gasteiger partial charge in [0.15, 0.2) is 0 Å². The molecule has 0 radical (unpaired) electrons. The molecular weight excluding hydrogens is 428 g/mol. The van der Waals surface area contributed by atoms with Gasteiger partial charge in [-0.15, -0.1) is 11.3 Å². The van der Waals surface area contributed by atoms with Gasteiger partial charge in [0, 0.05) is 24.0 Å². The Bertz CT molecular complexity index is 1250. The Labute approximate surface area is 180 Å². The largest absolute Gasteiger partial charge is 0.369 e. The van der Waals surface area contributed by atoms with Crippen LogP contribution in [0, 0.1) is 5.92 Å². The summed E-state index contributed by atoms with van der Waals surface area (Å²) >= 11 is 7.25. The summed E-state index contributed by atoms with van der Waals surface area (Å²) in [5.41, 5.74) is 5.07. The fourth-order valence-electron chi connectivity index (χ4n) is 3.73. The van der Waals surface area contributed by atoms with E-state index in [0.29, 0.717) is 46.9 Å². The van der Waals surface area contributed by atoms with Crippen LogP contribution in [-0.2, 0) is 16.1 Å². The lowest BCUT2D eigenvalue weighted by molar-refractivity contribution is -0.135. The van der Waals surface area contributed by atoms with Gasteiger partial charge in [-0.05, 0) is 42.5 Å². The number of halogens is 1. The Morgan fingerprint density at radius 3 is 2.57 bits per heavy atom. The number of hydrogen-bond donors (Lipinski definition) is 1. The molecule has 1 saturated heterocycles. The van der Waals surface area contributed by atoms with E-state index in [4.69, 9.17) is 17.3 Å². The number of benzene rings is 1. The van der Waals surface area contributed by atoms with Gasteiger partial charge in [0.2, 0.25) is 11.8 Å². The van der Waals surface area contributed by atoms with Gasteiger partial charge in [0.25, 0.3) is 5.56 Å². The number of likely N-dealkylation sites (tertiary alicyclic amines) is 1. The van der Waals surface area contributed by atoms with Gasteiger partial charge in [-0.3, -0.25) is 19.0 Å². The van der Waals surface area contributed by atoms with Crippen molar-refractivity contribution in [2.45, 2.75) is 19.4 Å². The molecule has 1 aliphatic heterocycles. The van der Waals surface area contributed by atoms with Gasteiger partial charge in [0.1, 0.15) is 11.2 Å². The molecule has 30 heavy (non-hydrogen) atoms. The summed E-state index contributed by atoms with van der Waals surface area (Å²) in [4.78, 5) is 52.0. The molecule has 0 bridgehead atoms. The molecule has 4 rings (SSSR count). The number of fused-ring (bicyclic) bond motifs is 1. The molecule has 0 spiro atoms. The SMILES string of the molecule is NC(=O)C1CCN(C(=O)Cn2c(=O)n(-c3cccc(Cl)c3)c(=O)c3sccc32)CC1. The minimum atomic E-state index is -0.603. The minimum absolute atomic E-state index is 0.200. The fourth-order valence-corrected chi connectivity index (χ4v) is 4.74. The van der Waals surface area contributed by atoms with Crippen LogP contribution in [0.15, 0.2) is 45.3 Å². The van der Waals surface area contributed by atoms with Crippen LogP contribution in [0.1, 0.15) is 12.8 Å². The number of hydrogen-bond acceptors (Lipinski definition) is 5. The van der Waals surface area contributed by atoms with Gasteiger partial charge < -0.3 is 10.6 Å². The van der Waals surface area contributed by atoms with Crippen LogP contribution in [0.5, 0.6) is 0 Å². The average molecular weight is 447 g/mol. The maximum Gasteiger partial charge on any atom is 0.336 e. The predicted octanol–water partition coefficient (Wildman–Crippen LogP) is 1.59. The van der Waals surface area contributed by atoms with E-state index in [9.17, 15) is 19.2 Å². The first-order valence-electron chi connectivity index (χ1n) is 9.43. The molecule has 1 fully saturated rings. The van der Waals surface area contributed by atoms with E-state index in [1.54, 1.807) is 34.5 Å². The number of thiophene rings is 1. The highest BCUT2D eigenvalue weighted by Crippen LogP contribution is 2.20. The van der Waals surface area contributed by atoms with Crippen LogP contribution < -0.4 is 17.0 Å². The predicted molar refractivity (Wildman–Crippen MR) is 115 cm³/mol. The summed E-state index contributed by atoms with van der Waals surface area (Å²) in [6, 6.07) is 8.12. The van der Waals surface area contributed by atoms with Crippen molar-refractivity contribution in [2.75, 3.05) is 13.1 Å². The van der Waals surface area contributed by atoms with Crippen molar-refractivity contribution in [2.24, 2.45) is 11.7 Å². The first-order valence-corrected chi connectivity index (χ1v) is 10.7. The Balaban J connectivity index is 1.72. The highest BCUT2D eigenvalue weighted by Gasteiger charge is 2.27. The Morgan fingerprint density at radius 1 is 1.17 bits per heavy atom. The maximum atomic E-state index is 13.2. The summed E-state index contributed by atoms with van der Waals surface area (Å²) in [5, 5.41) is 2.11. The monoisotopic (exact) mass is 446 g/mol. The van der Waals surface area contributed by atoms with Crippen molar-refractivity contribution < 1.29 is 9.59 Å². The summed E-state index contributed by atoms with van der Waals surface area (Å²) in [6.07, 6.45) is 1.01. The zero-order valence-corrected chi connectivity index (χ0v) is 17.5. The standard InChI is InChI=1S/C20H19ClN4O4S/c21-13-2-1-3-14(10-13)25-19(28)17-15(6-9-30-17)24(20(25)29)11-16(26)23-7-4-12(5-8-23)18(22)27/h1-3,6,9-10,12H,4-5,7-8,11H2,(H2,22,27). The van der Waals surface area contributed by atoms with Crippen LogP contribution in [0.25, 0.3) is 15.9 Å². The molecule has 10 heteroatoms. The smallest absolute Gasteiger partial charge is 0.336 e. The number of carbonyl (C=O) groups excluding carboxylic acids is 2. The lowest BCUT2D eigenvalue weighted by Gasteiger charge is -2.30. The highest BCUT2D eigenvalue weighted by molar-refractivity contribution is 7.17. The summed E-state index contributed by atoms with van der Waals surface area (Å²) in [6.45, 7) is 0.609. The van der Waals surface area contributed by atoms with Crippen LogP contribution >= 0.6 is 22.9 Å². The van der Waals surface area contributed by atoms with Gasteiger partial charge in [-0.2, -0.15) is 0 Å². The summed E-state index contributed by atoms with van der Waals surface area (Å²) in [5.74, 6) is -0.833. The van der Waals surface area contributed by atoms with Crippen LogP contribution in [0.3, 0.4) is 0 Å². The van der Waals surface area contributed by atoms with E-state index in [2.05, 4.69) is 0 Å². The van der Waals surface area contributed by atoms with Crippen LogP contribution in [-0.4, -0.2) is 38.9 Å². The molecule has 0 unspecified atom stereocenters. The molecule has 0 atom stereocenters.